The number of carbonyl (C=O) groups excluding carboxylic acids is 3. The molecule has 4 rings (SSSR count). The monoisotopic (exact) mass is 643 g/mol. The van der Waals surface area contributed by atoms with Crippen molar-refractivity contribution < 1.29 is 42.1 Å². The zero-order valence-corrected chi connectivity index (χ0v) is 25.7. The first kappa shape index (κ1) is 33.9. The zero-order chi connectivity index (χ0) is 33.6. The SMILES string of the molecule is COc1ccc(NC(=O)N(C)C[C@@H]2Oc3ccc(NC(=O)Nc4ccc(C(F)(F)F)cc4)cc3C(=O)N([C@@H](C)CO)C[C@@H]2C)cc1. The van der Waals surface area contributed by atoms with Crippen molar-refractivity contribution in [2.45, 2.75) is 32.2 Å². The van der Waals surface area contributed by atoms with E-state index in [1.165, 1.54) is 28.0 Å². The minimum absolute atomic E-state index is 0.120. The van der Waals surface area contributed by atoms with Crippen molar-refractivity contribution in [3.63, 3.8) is 0 Å². The lowest BCUT2D eigenvalue weighted by Gasteiger charge is -2.38. The fourth-order valence-electron chi connectivity index (χ4n) is 4.80. The Labute approximate surface area is 264 Å². The number of nitrogens with zero attached hydrogens (tertiary/aromatic N) is 2. The van der Waals surface area contributed by atoms with Crippen molar-refractivity contribution >= 4 is 35.0 Å². The van der Waals surface area contributed by atoms with Crippen LogP contribution < -0.4 is 25.4 Å². The minimum Gasteiger partial charge on any atom is -0.497 e. The number of hydrogen-bond donors (Lipinski definition) is 4. The van der Waals surface area contributed by atoms with Crippen LogP contribution in [0.4, 0.5) is 39.8 Å². The van der Waals surface area contributed by atoms with Crippen LogP contribution in [-0.2, 0) is 6.18 Å². The topological polar surface area (TPSA) is 132 Å². The number of rotatable bonds is 8. The van der Waals surface area contributed by atoms with Crippen LogP contribution in [0.2, 0.25) is 0 Å². The van der Waals surface area contributed by atoms with Gasteiger partial charge >= 0.3 is 18.2 Å². The molecule has 0 radical (unpaired) electrons. The van der Waals surface area contributed by atoms with Gasteiger partial charge in [-0.15, -0.1) is 0 Å². The molecule has 5 amide bonds. The molecule has 0 fully saturated rings. The summed E-state index contributed by atoms with van der Waals surface area (Å²) in [6.45, 7) is 3.67. The van der Waals surface area contributed by atoms with Crippen LogP contribution in [0.25, 0.3) is 0 Å². The molecule has 46 heavy (non-hydrogen) atoms. The summed E-state index contributed by atoms with van der Waals surface area (Å²) in [5.41, 5.74) is 0.200. The average molecular weight is 644 g/mol. The molecular formula is C32H36F3N5O6. The molecule has 3 aromatic carbocycles. The van der Waals surface area contributed by atoms with Gasteiger partial charge in [-0.3, -0.25) is 4.79 Å². The van der Waals surface area contributed by atoms with E-state index < -0.39 is 35.8 Å². The van der Waals surface area contributed by atoms with E-state index in [1.807, 2.05) is 6.92 Å². The first-order chi connectivity index (χ1) is 21.8. The maximum Gasteiger partial charge on any atom is 0.416 e. The highest BCUT2D eigenvalue weighted by Crippen LogP contribution is 2.32. The molecule has 0 aromatic heterocycles. The molecule has 1 aliphatic heterocycles. The Kier molecular flexibility index (Phi) is 10.6. The minimum atomic E-state index is -4.51. The summed E-state index contributed by atoms with van der Waals surface area (Å²) < 4.78 is 50.0. The quantitative estimate of drug-likeness (QED) is 0.248. The second-order valence-corrected chi connectivity index (χ2v) is 11.0. The number of anilines is 3. The third kappa shape index (κ3) is 8.38. The Bertz CT molecular complexity index is 1530. The lowest BCUT2D eigenvalue weighted by atomic mass is 9.99. The number of amides is 5. The summed E-state index contributed by atoms with van der Waals surface area (Å²) in [7, 11) is 3.17. The van der Waals surface area contributed by atoms with E-state index in [2.05, 4.69) is 16.0 Å². The number of ether oxygens (including phenoxy) is 2. The summed E-state index contributed by atoms with van der Waals surface area (Å²) in [4.78, 5) is 42.3. The smallest absolute Gasteiger partial charge is 0.416 e. The van der Waals surface area contributed by atoms with Crippen molar-refractivity contribution in [1.29, 1.82) is 0 Å². The number of urea groups is 2. The second kappa shape index (κ2) is 14.4. The summed E-state index contributed by atoms with van der Waals surface area (Å²) in [6, 6.07) is 13.6. The van der Waals surface area contributed by atoms with Crippen molar-refractivity contribution in [3.05, 3.63) is 77.9 Å². The Hall–Kier alpha value is -4.98. The molecule has 14 heteroatoms. The largest absolute Gasteiger partial charge is 0.497 e. The molecular weight excluding hydrogens is 607 g/mol. The number of aliphatic hydroxyl groups is 1. The molecule has 0 bridgehead atoms. The number of benzene rings is 3. The summed E-state index contributed by atoms with van der Waals surface area (Å²) in [6.07, 6.45) is -5.07. The maximum absolute atomic E-state index is 13.7. The molecule has 4 N–H and O–H groups in total. The van der Waals surface area contributed by atoms with Crippen molar-refractivity contribution in [3.8, 4) is 11.5 Å². The lowest BCUT2D eigenvalue weighted by Crippen LogP contribution is -2.50. The Morgan fingerprint density at radius 1 is 1.02 bits per heavy atom. The molecule has 0 saturated carbocycles. The summed E-state index contributed by atoms with van der Waals surface area (Å²) >= 11 is 0. The number of fused-ring (bicyclic) bond motifs is 1. The number of hydrogen-bond acceptors (Lipinski definition) is 6. The molecule has 3 aromatic rings. The van der Waals surface area contributed by atoms with Crippen LogP contribution >= 0.6 is 0 Å². The van der Waals surface area contributed by atoms with Gasteiger partial charge in [0.15, 0.2) is 0 Å². The third-order valence-corrected chi connectivity index (χ3v) is 7.53. The number of carbonyl (C=O) groups is 3. The molecule has 0 unspecified atom stereocenters. The first-order valence-corrected chi connectivity index (χ1v) is 14.4. The fourth-order valence-corrected chi connectivity index (χ4v) is 4.80. The number of nitrogens with one attached hydrogen (secondary N) is 3. The van der Waals surface area contributed by atoms with Gasteiger partial charge in [0, 0.05) is 36.6 Å². The van der Waals surface area contributed by atoms with Gasteiger partial charge in [-0.2, -0.15) is 13.2 Å². The van der Waals surface area contributed by atoms with E-state index >= 15 is 0 Å². The van der Waals surface area contributed by atoms with Crippen LogP contribution in [0.1, 0.15) is 29.8 Å². The summed E-state index contributed by atoms with van der Waals surface area (Å²) in [5.74, 6) is 0.180. The molecule has 246 valence electrons. The maximum atomic E-state index is 13.7. The highest BCUT2D eigenvalue weighted by Gasteiger charge is 2.34. The molecule has 1 aliphatic rings. The predicted octanol–water partition coefficient (Wildman–Crippen LogP) is 5.74. The van der Waals surface area contributed by atoms with Gasteiger partial charge in [-0.25, -0.2) is 9.59 Å². The van der Waals surface area contributed by atoms with Gasteiger partial charge in [-0.05, 0) is 73.7 Å². The van der Waals surface area contributed by atoms with Gasteiger partial charge in [0.1, 0.15) is 17.6 Å². The van der Waals surface area contributed by atoms with E-state index in [4.69, 9.17) is 9.47 Å². The molecule has 0 saturated heterocycles. The van der Waals surface area contributed by atoms with Crippen LogP contribution in [-0.4, -0.2) is 78.9 Å². The summed E-state index contributed by atoms with van der Waals surface area (Å²) in [5, 5.41) is 17.8. The van der Waals surface area contributed by atoms with Gasteiger partial charge in [-0.1, -0.05) is 6.92 Å². The fraction of sp³-hybridized carbons (Fsp3) is 0.344. The highest BCUT2D eigenvalue weighted by molar-refractivity contribution is 6.02. The lowest BCUT2D eigenvalue weighted by molar-refractivity contribution is -0.137. The number of halogens is 3. The van der Waals surface area contributed by atoms with E-state index in [9.17, 15) is 32.7 Å². The van der Waals surface area contributed by atoms with Crippen molar-refractivity contribution in [2.75, 3.05) is 49.8 Å². The molecule has 0 spiro atoms. The second-order valence-electron chi connectivity index (χ2n) is 11.0. The van der Waals surface area contributed by atoms with E-state index in [1.54, 1.807) is 45.3 Å². The average Bonchev–Trinajstić information content (AvgIpc) is 3.02. The number of alkyl halides is 3. The normalized spacial score (nSPS) is 17.0. The molecule has 1 heterocycles. The highest BCUT2D eigenvalue weighted by atomic mass is 19.4. The molecule has 3 atom stereocenters. The molecule has 11 nitrogen and oxygen atoms in total. The van der Waals surface area contributed by atoms with Gasteiger partial charge < -0.3 is 40.3 Å². The number of aliphatic hydroxyl groups excluding tert-OH is 1. The van der Waals surface area contributed by atoms with E-state index in [-0.39, 0.29) is 54.3 Å². The first-order valence-electron chi connectivity index (χ1n) is 14.4. The van der Waals surface area contributed by atoms with Gasteiger partial charge in [0.25, 0.3) is 5.91 Å². The van der Waals surface area contributed by atoms with Crippen LogP contribution in [0, 0.1) is 5.92 Å². The molecule has 0 aliphatic carbocycles. The van der Waals surface area contributed by atoms with Crippen LogP contribution in [0.5, 0.6) is 11.5 Å². The van der Waals surface area contributed by atoms with Crippen molar-refractivity contribution in [1.82, 2.24) is 9.80 Å². The third-order valence-electron chi connectivity index (χ3n) is 7.53. The number of likely N-dealkylation sites (N-methyl/N-ethyl adjacent to an activating group) is 1. The van der Waals surface area contributed by atoms with Crippen LogP contribution in [0.3, 0.4) is 0 Å². The van der Waals surface area contributed by atoms with Crippen LogP contribution in [0.15, 0.2) is 66.7 Å². The predicted molar refractivity (Wildman–Crippen MR) is 166 cm³/mol. The van der Waals surface area contributed by atoms with Crippen molar-refractivity contribution in [2.24, 2.45) is 5.92 Å². The Morgan fingerprint density at radius 3 is 2.22 bits per heavy atom. The number of methoxy groups -OCH3 is 1. The van der Waals surface area contributed by atoms with Gasteiger partial charge in [0.2, 0.25) is 0 Å². The van der Waals surface area contributed by atoms with Gasteiger partial charge in [0.05, 0.1) is 37.4 Å². The zero-order valence-electron chi connectivity index (χ0n) is 25.7. The van der Waals surface area contributed by atoms with E-state index in [0.29, 0.717) is 11.4 Å². The standard InChI is InChI=1S/C32H36F3N5O6/c1-19-16-40(20(2)18-41)29(42)26-15-24(37-30(43)36-22-7-5-21(6-8-22)32(33,34)35)11-14-27(26)46-28(19)17-39(3)31(44)38-23-9-12-25(45-4)13-10-23/h5-15,19-20,28,41H,16-18H2,1-4H3,(H,38,44)(H2,36,37,43)/t19-,20-,28-/m0/s1. The Balaban J connectivity index is 1.51. The van der Waals surface area contributed by atoms with E-state index in [0.717, 1.165) is 24.3 Å². The Morgan fingerprint density at radius 2 is 1.61 bits per heavy atom.